The van der Waals surface area contributed by atoms with Crippen LogP contribution in [0.15, 0.2) is 36.5 Å². The van der Waals surface area contributed by atoms with E-state index in [0.29, 0.717) is 31.2 Å². The van der Waals surface area contributed by atoms with Gasteiger partial charge in [-0.3, -0.25) is 9.48 Å². The second-order valence-electron chi connectivity index (χ2n) is 7.67. The molecule has 0 bridgehead atoms. The van der Waals surface area contributed by atoms with Crippen molar-refractivity contribution in [3.8, 4) is 0 Å². The van der Waals surface area contributed by atoms with E-state index in [1.54, 1.807) is 4.90 Å². The summed E-state index contributed by atoms with van der Waals surface area (Å²) >= 11 is 0. The predicted molar refractivity (Wildman–Crippen MR) is 105 cm³/mol. The molecule has 1 saturated heterocycles. The first-order valence-corrected chi connectivity index (χ1v) is 10.0. The molecule has 1 saturated carbocycles. The Labute approximate surface area is 160 Å². The van der Waals surface area contributed by atoms with Gasteiger partial charge >= 0.3 is 0 Å². The molecule has 6 nitrogen and oxygen atoms in total. The SMILES string of the molecule is O=C(c1ccccc1NCc1ccn(C2CCCC2)n1)N1CCCC(O)C1. The molecule has 2 aromatic rings. The van der Waals surface area contributed by atoms with Gasteiger partial charge in [0.15, 0.2) is 0 Å². The van der Waals surface area contributed by atoms with Crippen molar-refractivity contribution in [1.29, 1.82) is 0 Å². The lowest BCUT2D eigenvalue weighted by Crippen LogP contribution is -2.42. The minimum atomic E-state index is -0.414. The third kappa shape index (κ3) is 4.16. The van der Waals surface area contributed by atoms with Crippen LogP contribution in [0, 0.1) is 0 Å². The summed E-state index contributed by atoms with van der Waals surface area (Å²) in [5.41, 5.74) is 2.46. The van der Waals surface area contributed by atoms with Crippen molar-refractivity contribution in [2.75, 3.05) is 18.4 Å². The summed E-state index contributed by atoms with van der Waals surface area (Å²) in [6, 6.07) is 10.2. The number of amides is 1. The monoisotopic (exact) mass is 368 g/mol. The summed E-state index contributed by atoms with van der Waals surface area (Å²) in [6.45, 7) is 1.71. The number of benzene rings is 1. The van der Waals surface area contributed by atoms with Crippen LogP contribution in [0.2, 0.25) is 0 Å². The van der Waals surface area contributed by atoms with E-state index in [9.17, 15) is 9.90 Å². The highest BCUT2D eigenvalue weighted by molar-refractivity contribution is 5.99. The van der Waals surface area contributed by atoms with Gasteiger partial charge in [0, 0.05) is 25.0 Å². The zero-order chi connectivity index (χ0) is 18.6. The van der Waals surface area contributed by atoms with Gasteiger partial charge < -0.3 is 15.3 Å². The van der Waals surface area contributed by atoms with Crippen molar-refractivity contribution in [2.45, 2.75) is 57.2 Å². The molecule has 144 valence electrons. The van der Waals surface area contributed by atoms with Gasteiger partial charge in [-0.15, -0.1) is 0 Å². The lowest BCUT2D eigenvalue weighted by Gasteiger charge is -2.30. The molecule has 4 rings (SSSR count). The van der Waals surface area contributed by atoms with E-state index in [1.807, 2.05) is 24.3 Å². The molecule has 1 atom stereocenters. The second-order valence-corrected chi connectivity index (χ2v) is 7.67. The van der Waals surface area contributed by atoms with E-state index in [2.05, 4.69) is 22.3 Å². The molecule has 1 unspecified atom stereocenters. The zero-order valence-electron chi connectivity index (χ0n) is 15.7. The van der Waals surface area contributed by atoms with Crippen molar-refractivity contribution in [1.82, 2.24) is 14.7 Å². The number of nitrogens with one attached hydrogen (secondary N) is 1. The van der Waals surface area contributed by atoms with Gasteiger partial charge in [0.2, 0.25) is 0 Å². The van der Waals surface area contributed by atoms with Crippen molar-refractivity contribution >= 4 is 11.6 Å². The number of hydrogen-bond acceptors (Lipinski definition) is 4. The Kier molecular flexibility index (Phi) is 5.43. The first-order valence-electron chi connectivity index (χ1n) is 10.0. The van der Waals surface area contributed by atoms with Crippen molar-refractivity contribution in [2.24, 2.45) is 0 Å². The number of aliphatic hydroxyl groups excluding tert-OH is 1. The molecule has 1 aliphatic heterocycles. The molecule has 1 amide bonds. The Morgan fingerprint density at radius 3 is 2.78 bits per heavy atom. The minimum Gasteiger partial charge on any atom is -0.391 e. The van der Waals surface area contributed by atoms with Gasteiger partial charge in [0.1, 0.15) is 0 Å². The summed E-state index contributed by atoms with van der Waals surface area (Å²) in [5, 5.41) is 18.0. The number of para-hydroxylation sites is 1. The molecule has 0 radical (unpaired) electrons. The average Bonchev–Trinajstić information content (AvgIpc) is 3.37. The standard InChI is InChI=1S/C21H28N4O2/c26-18-8-5-12-24(15-18)21(27)19-9-3-4-10-20(19)22-14-16-11-13-25(23-16)17-6-1-2-7-17/h3-4,9-11,13,17-18,22,26H,1-2,5-8,12,14-15H2. The molecule has 1 aliphatic carbocycles. The molecule has 2 heterocycles. The lowest BCUT2D eigenvalue weighted by atomic mass is 10.1. The van der Waals surface area contributed by atoms with Gasteiger partial charge in [-0.2, -0.15) is 5.10 Å². The fraction of sp³-hybridized carbons (Fsp3) is 0.524. The first-order chi connectivity index (χ1) is 13.2. The molecule has 0 spiro atoms. The van der Waals surface area contributed by atoms with Crippen LogP contribution in [0.1, 0.15) is 60.6 Å². The Bertz CT molecular complexity index is 782. The normalized spacial score (nSPS) is 20.8. The minimum absolute atomic E-state index is 0.0201. The number of carbonyl (C=O) groups excluding carboxylic acids is 1. The molecule has 2 fully saturated rings. The highest BCUT2D eigenvalue weighted by Crippen LogP contribution is 2.29. The van der Waals surface area contributed by atoms with Gasteiger partial charge in [0.25, 0.3) is 5.91 Å². The van der Waals surface area contributed by atoms with E-state index < -0.39 is 6.10 Å². The molecule has 2 N–H and O–H groups in total. The van der Waals surface area contributed by atoms with Crippen molar-refractivity contribution < 1.29 is 9.90 Å². The second kappa shape index (κ2) is 8.13. The Hall–Kier alpha value is -2.34. The Morgan fingerprint density at radius 1 is 1.15 bits per heavy atom. The number of rotatable bonds is 5. The summed E-state index contributed by atoms with van der Waals surface area (Å²) in [6.07, 6.45) is 8.29. The van der Waals surface area contributed by atoms with Gasteiger partial charge in [0.05, 0.1) is 29.9 Å². The topological polar surface area (TPSA) is 70.4 Å². The fourth-order valence-electron chi connectivity index (χ4n) is 4.16. The highest BCUT2D eigenvalue weighted by Gasteiger charge is 2.24. The number of carbonyl (C=O) groups is 1. The molecule has 2 aliphatic rings. The lowest BCUT2D eigenvalue weighted by molar-refractivity contribution is 0.0474. The van der Waals surface area contributed by atoms with Crippen LogP contribution in [0.5, 0.6) is 0 Å². The number of hydrogen-bond donors (Lipinski definition) is 2. The molecular formula is C21H28N4O2. The van der Waals surface area contributed by atoms with Crippen LogP contribution in [-0.4, -0.2) is 44.9 Å². The fourth-order valence-corrected chi connectivity index (χ4v) is 4.16. The zero-order valence-corrected chi connectivity index (χ0v) is 15.7. The van der Waals surface area contributed by atoms with Crippen LogP contribution >= 0.6 is 0 Å². The molecule has 1 aromatic carbocycles. The van der Waals surface area contributed by atoms with E-state index in [-0.39, 0.29) is 5.91 Å². The van der Waals surface area contributed by atoms with Gasteiger partial charge in [-0.25, -0.2) is 0 Å². The number of aliphatic hydroxyl groups is 1. The molecule has 1 aromatic heterocycles. The Balaban J connectivity index is 1.43. The summed E-state index contributed by atoms with van der Waals surface area (Å²) < 4.78 is 2.09. The first kappa shape index (κ1) is 18.0. The van der Waals surface area contributed by atoms with Crippen molar-refractivity contribution in [3.63, 3.8) is 0 Å². The highest BCUT2D eigenvalue weighted by atomic mass is 16.3. The van der Waals surface area contributed by atoms with Crippen LogP contribution < -0.4 is 5.32 Å². The predicted octanol–water partition coefficient (Wildman–Crippen LogP) is 3.21. The van der Waals surface area contributed by atoms with Crippen LogP contribution in [-0.2, 0) is 6.54 Å². The number of aromatic nitrogens is 2. The van der Waals surface area contributed by atoms with Crippen molar-refractivity contribution in [3.05, 3.63) is 47.8 Å². The third-order valence-electron chi connectivity index (χ3n) is 5.66. The van der Waals surface area contributed by atoms with E-state index in [1.165, 1.54) is 25.7 Å². The third-order valence-corrected chi connectivity index (χ3v) is 5.66. The summed E-state index contributed by atoms with van der Waals surface area (Å²) in [7, 11) is 0. The van der Waals surface area contributed by atoms with E-state index in [4.69, 9.17) is 5.10 Å². The average molecular weight is 368 g/mol. The van der Waals surface area contributed by atoms with Gasteiger partial charge in [-0.1, -0.05) is 25.0 Å². The Morgan fingerprint density at radius 2 is 1.96 bits per heavy atom. The summed E-state index contributed by atoms with van der Waals surface area (Å²) in [4.78, 5) is 14.7. The van der Waals surface area contributed by atoms with Gasteiger partial charge in [-0.05, 0) is 43.9 Å². The van der Waals surface area contributed by atoms with Crippen LogP contribution in [0.4, 0.5) is 5.69 Å². The number of likely N-dealkylation sites (tertiary alicyclic amines) is 1. The molecule has 27 heavy (non-hydrogen) atoms. The maximum Gasteiger partial charge on any atom is 0.256 e. The van der Waals surface area contributed by atoms with E-state index in [0.717, 1.165) is 24.2 Å². The molecular weight excluding hydrogens is 340 g/mol. The number of anilines is 1. The van der Waals surface area contributed by atoms with Crippen LogP contribution in [0.25, 0.3) is 0 Å². The number of piperidine rings is 1. The smallest absolute Gasteiger partial charge is 0.256 e. The molecule has 6 heteroatoms. The quantitative estimate of drug-likeness (QED) is 0.850. The number of β-amino-alcohol motifs (C(OH)–C–C–N with tert-alkyl or cyclic N) is 1. The largest absolute Gasteiger partial charge is 0.391 e. The maximum absolute atomic E-state index is 12.9. The van der Waals surface area contributed by atoms with E-state index >= 15 is 0 Å². The van der Waals surface area contributed by atoms with Crippen LogP contribution in [0.3, 0.4) is 0 Å². The maximum atomic E-state index is 12.9. The summed E-state index contributed by atoms with van der Waals surface area (Å²) in [5.74, 6) is -0.0201. The number of nitrogens with zero attached hydrogens (tertiary/aromatic N) is 3.